The number of hydrogen-bond donors (Lipinski definition) is 1. The SMILES string of the molecule is CC(C)N(C)CCNCCOC(F)(F)F. The molecule has 0 rings (SSSR count). The van der Waals surface area contributed by atoms with Crippen LogP contribution in [0, 0.1) is 0 Å². The van der Waals surface area contributed by atoms with E-state index in [1.54, 1.807) is 0 Å². The van der Waals surface area contributed by atoms with Gasteiger partial charge in [-0.3, -0.25) is 4.74 Å². The van der Waals surface area contributed by atoms with Crippen molar-refractivity contribution in [1.29, 1.82) is 0 Å². The first-order valence-corrected chi connectivity index (χ1v) is 4.94. The Balaban J connectivity index is 3.26. The zero-order chi connectivity index (χ0) is 11.9. The molecule has 92 valence electrons. The van der Waals surface area contributed by atoms with Crippen molar-refractivity contribution in [2.24, 2.45) is 0 Å². The molecule has 0 aliphatic carbocycles. The van der Waals surface area contributed by atoms with Gasteiger partial charge >= 0.3 is 6.36 Å². The van der Waals surface area contributed by atoms with E-state index in [-0.39, 0.29) is 13.2 Å². The maximum Gasteiger partial charge on any atom is 0.522 e. The average molecular weight is 228 g/mol. The zero-order valence-corrected chi connectivity index (χ0v) is 9.40. The number of alkyl halides is 3. The van der Waals surface area contributed by atoms with Gasteiger partial charge in [-0.25, -0.2) is 0 Å². The molecule has 3 nitrogen and oxygen atoms in total. The second-order valence-corrected chi connectivity index (χ2v) is 3.62. The molecule has 0 amide bonds. The van der Waals surface area contributed by atoms with E-state index in [0.717, 1.165) is 6.54 Å². The van der Waals surface area contributed by atoms with Crippen LogP contribution in [0.15, 0.2) is 0 Å². The largest absolute Gasteiger partial charge is 0.522 e. The van der Waals surface area contributed by atoms with Crippen molar-refractivity contribution in [3.8, 4) is 0 Å². The smallest absolute Gasteiger partial charge is 0.313 e. The van der Waals surface area contributed by atoms with Crippen molar-refractivity contribution in [3.05, 3.63) is 0 Å². The summed E-state index contributed by atoms with van der Waals surface area (Å²) in [5.74, 6) is 0. The third-order valence-corrected chi connectivity index (χ3v) is 2.07. The molecule has 0 bridgehead atoms. The van der Waals surface area contributed by atoms with E-state index in [0.29, 0.717) is 12.6 Å². The molecule has 0 aromatic heterocycles. The molecule has 0 aliphatic heterocycles. The Kier molecular flexibility index (Phi) is 6.87. The van der Waals surface area contributed by atoms with Crippen molar-refractivity contribution in [2.45, 2.75) is 26.3 Å². The van der Waals surface area contributed by atoms with Gasteiger partial charge in [-0.2, -0.15) is 0 Å². The second-order valence-electron chi connectivity index (χ2n) is 3.62. The van der Waals surface area contributed by atoms with Gasteiger partial charge in [0.1, 0.15) is 0 Å². The number of ether oxygens (including phenoxy) is 1. The topological polar surface area (TPSA) is 24.5 Å². The molecule has 0 saturated heterocycles. The standard InChI is InChI=1S/C9H19F3N2O/c1-8(2)14(3)6-4-13-5-7-15-9(10,11)12/h8,13H,4-7H2,1-3H3. The number of hydrogen-bond acceptors (Lipinski definition) is 3. The number of likely N-dealkylation sites (N-methyl/N-ethyl adjacent to an activating group) is 1. The molecule has 0 atom stereocenters. The highest BCUT2D eigenvalue weighted by molar-refractivity contribution is 4.58. The average Bonchev–Trinajstić information content (AvgIpc) is 2.08. The molecule has 0 heterocycles. The van der Waals surface area contributed by atoms with Crippen LogP contribution >= 0.6 is 0 Å². The first-order chi connectivity index (χ1) is 6.83. The minimum absolute atomic E-state index is 0.214. The predicted molar refractivity (Wildman–Crippen MR) is 52.6 cm³/mol. The lowest BCUT2D eigenvalue weighted by Crippen LogP contribution is -2.35. The molecule has 0 fully saturated rings. The first-order valence-electron chi connectivity index (χ1n) is 4.94. The van der Waals surface area contributed by atoms with E-state index in [9.17, 15) is 13.2 Å². The minimum atomic E-state index is -4.52. The van der Waals surface area contributed by atoms with Crippen molar-refractivity contribution < 1.29 is 17.9 Å². The van der Waals surface area contributed by atoms with Gasteiger partial charge in [0.2, 0.25) is 0 Å². The second kappa shape index (κ2) is 7.03. The van der Waals surface area contributed by atoms with E-state index in [2.05, 4.69) is 28.8 Å². The Morgan fingerprint density at radius 3 is 2.33 bits per heavy atom. The minimum Gasteiger partial charge on any atom is -0.313 e. The van der Waals surface area contributed by atoms with Crippen molar-refractivity contribution >= 4 is 0 Å². The number of nitrogens with one attached hydrogen (secondary N) is 1. The first kappa shape index (κ1) is 14.7. The summed E-state index contributed by atoms with van der Waals surface area (Å²) in [6, 6.07) is 0.443. The highest BCUT2D eigenvalue weighted by Crippen LogP contribution is 2.14. The number of nitrogens with zero attached hydrogens (tertiary/aromatic N) is 1. The Morgan fingerprint density at radius 1 is 1.27 bits per heavy atom. The number of rotatable bonds is 7. The van der Waals surface area contributed by atoms with Crippen LogP contribution in [0.1, 0.15) is 13.8 Å². The predicted octanol–water partition coefficient (Wildman–Crippen LogP) is 1.45. The van der Waals surface area contributed by atoms with Crippen molar-refractivity contribution in [2.75, 3.05) is 33.3 Å². The van der Waals surface area contributed by atoms with Gasteiger partial charge < -0.3 is 10.2 Å². The molecular formula is C9H19F3N2O. The summed E-state index contributed by atoms with van der Waals surface area (Å²) in [6.07, 6.45) is -4.52. The molecule has 0 aromatic rings. The fourth-order valence-corrected chi connectivity index (χ4v) is 0.878. The van der Waals surface area contributed by atoms with E-state index in [4.69, 9.17) is 0 Å². The molecule has 6 heteroatoms. The lowest BCUT2D eigenvalue weighted by molar-refractivity contribution is -0.323. The van der Waals surface area contributed by atoms with Gasteiger partial charge in [-0.1, -0.05) is 0 Å². The fraction of sp³-hybridized carbons (Fsp3) is 1.00. The van der Waals surface area contributed by atoms with E-state index >= 15 is 0 Å². The van der Waals surface area contributed by atoms with Crippen LogP contribution < -0.4 is 5.32 Å². The molecule has 1 N–H and O–H groups in total. The summed E-state index contributed by atoms with van der Waals surface area (Å²) in [5, 5.41) is 2.88. The van der Waals surface area contributed by atoms with Crippen LogP contribution in [0.3, 0.4) is 0 Å². The number of halogens is 3. The van der Waals surface area contributed by atoms with E-state index in [1.807, 2.05) is 7.05 Å². The third-order valence-electron chi connectivity index (χ3n) is 2.07. The third kappa shape index (κ3) is 9.96. The lowest BCUT2D eigenvalue weighted by Gasteiger charge is -2.20. The maximum absolute atomic E-state index is 11.5. The Bertz CT molecular complexity index is 162. The summed E-state index contributed by atoms with van der Waals surface area (Å²) < 4.78 is 38.2. The maximum atomic E-state index is 11.5. The zero-order valence-electron chi connectivity index (χ0n) is 9.40. The van der Waals surface area contributed by atoms with Crippen LogP contribution in [0.2, 0.25) is 0 Å². The van der Waals surface area contributed by atoms with Crippen LogP contribution in [0.4, 0.5) is 13.2 Å². The molecule has 0 radical (unpaired) electrons. The Labute approximate surface area is 88.6 Å². The fourth-order valence-electron chi connectivity index (χ4n) is 0.878. The summed E-state index contributed by atoms with van der Waals surface area (Å²) in [4.78, 5) is 2.11. The van der Waals surface area contributed by atoms with Crippen LogP contribution in [0.25, 0.3) is 0 Å². The molecule has 0 unspecified atom stereocenters. The summed E-state index contributed by atoms with van der Waals surface area (Å²) in [6.45, 7) is 5.47. The normalized spacial score (nSPS) is 12.8. The molecular weight excluding hydrogens is 209 g/mol. The molecule has 15 heavy (non-hydrogen) atoms. The van der Waals surface area contributed by atoms with E-state index < -0.39 is 6.36 Å². The summed E-state index contributed by atoms with van der Waals surface area (Å²) >= 11 is 0. The molecule has 0 aromatic carbocycles. The molecule has 0 spiro atoms. The Morgan fingerprint density at radius 2 is 1.87 bits per heavy atom. The quantitative estimate of drug-likeness (QED) is 0.667. The van der Waals surface area contributed by atoms with E-state index in [1.165, 1.54) is 0 Å². The van der Waals surface area contributed by atoms with Gasteiger partial charge in [-0.05, 0) is 20.9 Å². The van der Waals surface area contributed by atoms with Crippen molar-refractivity contribution in [1.82, 2.24) is 10.2 Å². The van der Waals surface area contributed by atoms with Crippen LogP contribution in [-0.4, -0.2) is 50.6 Å². The van der Waals surface area contributed by atoms with Crippen LogP contribution in [-0.2, 0) is 4.74 Å². The van der Waals surface area contributed by atoms with Gasteiger partial charge in [0.15, 0.2) is 0 Å². The molecule has 0 aliphatic rings. The van der Waals surface area contributed by atoms with Crippen molar-refractivity contribution in [3.63, 3.8) is 0 Å². The van der Waals surface area contributed by atoms with Gasteiger partial charge in [0.25, 0.3) is 0 Å². The highest BCUT2D eigenvalue weighted by atomic mass is 19.4. The molecule has 0 saturated carbocycles. The summed E-state index contributed by atoms with van der Waals surface area (Å²) in [7, 11) is 1.97. The van der Waals surface area contributed by atoms with Crippen LogP contribution in [0.5, 0.6) is 0 Å². The Hall–Kier alpha value is -0.330. The van der Waals surface area contributed by atoms with Gasteiger partial charge in [0, 0.05) is 25.7 Å². The monoisotopic (exact) mass is 228 g/mol. The summed E-state index contributed by atoms with van der Waals surface area (Å²) in [5.41, 5.74) is 0. The van der Waals surface area contributed by atoms with Gasteiger partial charge in [0.05, 0.1) is 6.61 Å². The lowest BCUT2D eigenvalue weighted by atomic mass is 10.3. The van der Waals surface area contributed by atoms with Gasteiger partial charge in [-0.15, -0.1) is 13.2 Å². The highest BCUT2D eigenvalue weighted by Gasteiger charge is 2.28.